The molecule has 3 unspecified atom stereocenters. The van der Waals surface area contributed by atoms with Crippen molar-refractivity contribution in [2.45, 2.75) is 30.9 Å². The van der Waals surface area contributed by atoms with Crippen molar-refractivity contribution in [3.8, 4) is 0 Å². The number of halogens is 1. The third kappa shape index (κ3) is 0.620. The van der Waals surface area contributed by atoms with Crippen LogP contribution in [0.2, 0.25) is 0 Å². The van der Waals surface area contributed by atoms with Crippen molar-refractivity contribution < 1.29 is 9.84 Å². The molecule has 64 valence electrons. The zero-order valence-electron chi connectivity index (χ0n) is 7.02. The van der Waals surface area contributed by atoms with Crippen LogP contribution >= 0.6 is 15.9 Å². The van der Waals surface area contributed by atoms with E-state index in [4.69, 9.17) is 4.74 Å². The highest BCUT2D eigenvalue weighted by Crippen LogP contribution is 2.75. The van der Waals surface area contributed by atoms with E-state index >= 15 is 0 Å². The number of rotatable bonds is 0. The first-order valence-electron chi connectivity index (χ1n) is 3.89. The summed E-state index contributed by atoms with van der Waals surface area (Å²) in [4.78, 5) is 0. The first-order valence-corrected chi connectivity index (χ1v) is 4.68. The number of aliphatic hydroxyl groups is 1. The molecule has 1 heterocycles. The first kappa shape index (κ1) is 8.02. The maximum absolute atomic E-state index is 9.83. The lowest BCUT2D eigenvalue weighted by Gasteiger charge is -2.28. The zero-order chi connectivity index (χ0) is 8.49. The molecule has 2 nitrogen and oxygen atoms in total. The van der Waals surface area contributed by atoms with Crippen LogP contribution in [0.3, 0.4) is 0 Å². The van der Waals surface area contributed by atoms with Crippen LogP contribution in [0, 0.1) is 11.3 Å². The van der Waals surface area contributed by atoms with E-state index in [1.165, 1.54) is 0 Å². The Bertz CT molecular complexity index is 212. The zero-order valence-corrected chi connectivity index (χ0v) is 8.60. The molecule has 1 saturated heterocycles. The number of ether oxygens (including phenoxy) is 1. The minimum Gasteiger partial charge on any atom is -0.364 e. The Morgan fingerprint density at radius 2 is 2.00 bits per heavy atom. The monoisotopic (exact) mass is 220 g/mol. The summed E-state index contributed by atoms with van der Waals surface area (Å²) in [7, 11) is 0. The van der Waals surface area contributed by atoms with Crippen LogP contribution in [0.4, 0.5) is 0 Å². The Kier molecular flexibility index (Phi) is 1.22. The summed E-state index contributed by atoms with van der Waals surface area (Å²) in [5.41, 5.74) is 0.175. The third-order valence-electron chi connectivity index (χ3n) is 3.41. The first-order chi connectivity index (χ1) is 4.84. The molecular weight excluding hydrogens is 208 g/mol. The average Bonchev–Trinajstić information content (AvgIpc) is 2.08. The van der Waals surface area contributed by atoms with Crippen molar-refractivity contribution >= 4 is 15.9 Å². The van der Waals surface area contributed by atoms with Gasteiger partial charge in [-0.3, -0.25) is 0 Å². The maximum atomic E-state index is 9.83. The summed E-state index contributed by atoms with van der Waals surface area (Å²) in [6, 6.07) is 0. The van der Waals surface area contributed by atoms with Crippen LogP contribution < -0.4 is 0 Å². The smallest absolute Gasteiger partial charge is 0.178 e. The van der Waals surface area contributed by atoms with Crippen molar-refractivity contribution in [1.29, 1.82) is 0 Å². The van der Waals surface area contributed by atoms with Crippen molar-refractivity contribution in [3.05, 3.63) is 0 Å². The second kappa shape index (κ2) is 1.68. The molecule has 0 amide bonds. The van der Waals surface area contributed by atoms with E-state index in [2.05, 4.69) is 29.8 Å². The van der Waals surface area contributed by atoms with Gasteiger partial charge < -0.3 is 9.84 Å². The number of hydrogen-bond acceptors (Lipinski definition) is 2. The van der Waals surface area contributed by atoms with E-state index in [0.717, 1.165) is 0 Å². The predicted molar refractivity (Wildman–Crippen MR) is 45.5 cm³/mol. The third-order valence-corrected chi connectivity index (χ3v) is 5.72. The molecule has 1 aliphatic heterocycles. The lowest BCUT2D eigenvalue weighted by molar-refractivity contribution is -0.178. The fourth-order valence-corrected chi connectivity index (χ4v) is 3.39. The SMILES string of the molecule is CC1(O)OCC2C(C)(C)C21Br. The van der Waals surface area contributed by atoms with Gasteiger partial charge in [0.05, 0.1) is 10.9 Å². The van der Waals surface area contributed by atoms with E-state index in [0.29, 0.717) is 12.5 Å². The minimum atomic E-state index is -0.985. The molecule has 1 N–H and O–H groups in total. The lowest BCUT2D eigenvalue weighted by Crippen LogP contribution is -2.40. The quantitative estimate of drug-likeness (QED) is 0.628. The maximum Gasteiger partial charge on any atom is 0.178 e. The molecule has 1 aliphatic carbocycles. The van der Waals surface area contributed by atoms with Crippen LogP contribution in [0.15, 0.2) is 0 Å². The molecule has 0 aromatic rings. The molecule has 2 fully saturated rings. The van der Waals surface area contributed by atoms with Gasteiger partial charge in [-0.2, -0.15) is 0 Å². The van der Waals surface area contributed by atoms with Crippen LogP contribution in [0.1, 0.15) is 20.8 Å². The molecule has 0 bridgehead atoms. The average molecular weight is 221 g/mol. The summed E-state index contributed by atoms with van der Waals surface area (Å²) in [5, 5.41) is 9.83. The second-order valence-electron chi connectivity index (χ2n) is 4.28. The van der Waals surface area contributed by atoms with E-state index < -0.39 is 5.79 Å². The molecule has 0 radical (unpaired) electrons. The summed E-state index contributed by atoms with van der Waals surface area (Å²) in [6.45, 7) is 6.72. The largest absolute Gasteiger partial charge is 0.364 e. The molecule has 2 rings (SSSR count). The Balaban J connectivity index is 2.37. The van der Waals surface area contributed by atoms with Gasteiger partial charge in [0.2, 0.25) is 0 Å². The van der Waals surface area contributed by atoms with E-state index in [1.807, 2.05) is 0 Å². The molecule has 0 aromatic heterocycles. The minimum absolute atomic E-state index is 0.175. The predicted octanol–water partition coefficient (Wildman–Crippen LogP) is 1.51. The Morgan fingerprint density at radius 3 is 2.18 bits per heavy atom. The summed E-state index contributed by atoms with van der Waals surface area (Å²) in [6.07, 6.45) is 0. The van der Waals surface area contributed by atoms with Crippen LogP contribution in [-0.2, 0) is 4.74 Å². The van der Waals surface area contributed by atoms with Gasteiger partial charge in [0.25, 0.3) is 0 Å². The molecule has 1 saturated carbocycles. The number of alkyl halides is 1. The van der Waals surface area contributed by atoms with Gasteiger partial charge in [0.15, 0.2) is 5.79 Å². The lowest BCUT2D eigenvalue weighted by atomic mass is 10.0. The van der Waals surface area contributed by atoms with Crippen LogP contribution in [0.25, 0.3) is 0 Å². The number of hydrogen-bond donors (Lipinski definition) is 1. The van der Waals surface area contributed by atoms with Crippen molar-refractivity contribution in [3.63, 3.8) is 0 Å². The summed E-state index contributed by atoms with van der Waals surface area (Å²) in [5.74, 6) is -0.522. The van der Waals surface area contributed by atoms with Gasteiger partial charge in [0, 0.05) is 5.92 Å². The molecule has 11 heavy (non-hydrogen) atoms. The Morgan fingerprint density at radius 1 is 1.45 bits per heavy atom. The highest BCUT2D eigenvalue weighted by molar-refractivity contribution is 9.10. The molecule has 2 aliphatic rings. The van der Waals surface area contributed by atoms with E-state index in [9.17, 15) is 5.11 Å². The topological polar surface area (TPSA) is 29.5 Å². The summed E-state index contributed by atoms with van der Waals surface area (Å²) < 4.78 is 5.05. The molecule has 3 heteroatoms. The van der Waals surface area contributed by atoms with Crippen molar-refractivity contribution in [1.82, 2.24) is 0 Å². The highest BCUT2D eigenvalue weighted by Gasteiger charge is 2.81. The fourth-order valence-electron chi connectivity index (χ4n) is 2.41. The van der Waals surface area contributed by atoms with Crippen molar-refractivity contribution in [2.24, 2.45) is 11.3 Å². The molecule has 0 spiro atoms. The van der Waals surface area contributed by atoms with E-state index in [-0.39, 0.29) is 9.74 Å². The van der Waals surface area contributed by atoms with Gasteiger partial charge in [-0.1, -0.05) is 29.8 Å². The highest BCUT2D eigenvalue weighted by atomic mass is 79.9. The van der Waals surface area contributed by atoms with Gasteiger partial charge in [-0.25, -0.2) is 0 Å². The fraction of sp³-hybridized carbons (Fsp3) is 1.00. The Hall–Kier alpha value is 0.400. The van der Waals surface area contributed by atoms with Gasteiger partial charge in [-0.05, 0) is 12.3 Å². The molecule has 3 atom stereocenters. The van der Waals surface area contributed by atoms with Gasteiger partial charge in [-0.15, -0.1) is 0 Å². The molecular formula is C8H13BrO2. The normalized spacial score (nSPS) is 59.2. The van der Waals surface area contributed by atoms with Crippen molar-refractivity contribution in [2.75, 3.05) is 6.61 Å². The van der Waals surface area contributed by atoms with Crippen LogP contribution in [-0.4, -0.2) is 21.8 Å². The second-order valence-corrected chi connectivity index (χ2v) is 5.53. The van der Waals surface area contributed by atoms with Gasteiger partial charge >= 0.3 is 0 Å². The molecule has 0 aromatic carbocycles. The standard InChI is InChI=1S/C8H13BrO2/c1-6(2)5-4-11-7(3,10)8(5,6)9/h5,10H,4H2,1-3H3. The number of fused-ring (bicyclic) bond motifs is 1. The summed E-state index contributed by atoms with van der Waals surface area (Å²) >= 11 is 3.58. The van der Waals surface area contributed by atoms with Gasteiger partial charge in [0.1, 0.15) is 0 Å². The van der Waals surface area contributed by atoms with E-state index in [1.54, 1.807) is 6.92 Å². The Labute approximate surface area is 75.1 Å². The van der Waals surface area contributed by atoms with Crippen LogP contribution in [0.5, 0.6) is 0 Å².